The predicted octanol–water partition coefficient (Wildman–Crippen LogP) is 2.41. The van der Waals surface area contributed by atoms with Gasteiger partial charge in [0, 0.05) is 17.1 Å². The van der Waals surface area contributed by atoms with Crippen LogP contribution in [0.15, 0.2) is 12.1 Å². The molecule has 1 aromatic carbocycles. The molecule has 0 fully saturated rings. The fourth-order valence-corrected chi connectivity index (χ4v) is 1.89. The summed E-state index contributed by atoms with van der Waals surface area (Å²) in [4.78, 5) is 14.6. The third-order valence-electron chi connectivity index (χ3n) is 2.63. The zero-order chi connectivity index (χ0) is 12.6. The fraction of sp³-hybridized carbons (Fsp3) is 0.250. The van der Waals surface area contributed by atoms with Crippen LogP contribution in [-0.2, 0) is 4.74 Å². The number of H-pyrrole nitrogens is 1. The Balaban J connectivity index is 2.81. The van der Waals surface area contributed by atoms with Crippen molar-refractivity contribution in [2.45, 2.75) is 6.92 Å². The Labute approximate surface area is 97.3 Å². The van der Waals surface area contributed by atoms with E-state index in [-0.39, 0.29) is 0 Å². The number of fused-ring (bicyclic) bond motifs is 1. The third kappa shape index (κ3) is 1.73. The second-order valence-electron chi connectivity index (χ2n) is 3.65. The molecule has 0 atom stereocenters. The summed E-state index contributed by atoms with van der Waals surface area (Å²) in [7, 11) is 2.74. The van der Waals surface area contributed by atoms with Gasteiger partial charge in [-0.15, -0.1) is 0 Å². The molecule has 1 heterocycles. The molecule has 1 aromatic heterocycles. The minimum atomic E-state index is -0.499. The van der Waals surface area contributed by atoms with Crippen molar-refractivity contribution in [3.63, 3.8) is 0 Å². The van der Waals surface area contributed by atoms with Crippen LogP contribution in [0.5, 0.6) is 5.75 Å². The van der Waals surface area contributed by atoms with Gasteiger partial charge >= 0.3 is 5.97 Å². The van der Waals surface area contributed by atoms with Crippen LogP contribution in [0.1, 0.15) is 16.1 Å². The minimum absolute atomic E-state index is 0.334. The monoisotopic (exact) mass is 237 g/mol. The van der Waals surface area contributed by atoms with Crippen molar-refractivity contribution < 1.29 is 18.7 Å². The number of aryl methyl sites for hydroxylation is 1. The number of halogens is 1. The maximum absolute atomic E-state index is 13.4. The number of carbonyl (C=O) groups is 1. The average molecular weight is 237 g/mol. The molecule has 0 aliphatic carbocycles. The topological polar surface area (TPSA) is 51.3 Å². The summed E-state index contributed by atoms with van der Waals surface area (Å²) in [5.41, 5.74) is 1.54. The van der Waals surface area contributed by atoms with Crippen LogP contribution in [0.2, 0.25) is 0 Å². The number of esters is 1. The molecule has 0 spiro atoms. The molecule has 0 bridgehead atoms. The van der Waals surface area contributed by atoms with Crippen molar-refractivity contribution in [2.24, 2.45) is 0 Å². The van der Waals surface area contributed by atoms with Gasteiger partial charge in [-0.2, -0.15) is 0 Å². The Morgan fingerprint density at radius 1 is 1.35 bits per heavy atom. The normalized spacial score (nSPS) is 10.6. The van der Waals surface area contributed by atoms with Crippen molar-refractivity contribution in [3.8, 4) is 5.75 Å². The Morgan fingerprint density at radius 2 is 2.06 bits per heavy atom. The summed E-state index contributed by atoms with van der Waals surface area (Å²) < 4.78 is 23.1. The number of benzene rings is 1. The number of hydrogen-bond acceptors (Lipinski definition) is 3. The standard InChI is InChI=1S/C12H12FNO3/c1-6-10(12(15)17-3)8-4-7(13)5-9(16-2)11(8)14-6/h4-5,14H,1-3H3. The largest absolute Gasteiger partial charge is 0.494 e. The van der Waals surface area contributed by atoms with Crippen molar-refractivity contribution in [1.82, 2.24) is 4.98 Å². The SMILES string of the molecule is COC(=O)c1c(C)[nH]c2c(OC)cc(F)cc12. The molecular weight excluding hydrogens is 225 g/mol. The van der Waals surface area contributed by atoms with Crippen molar-refractivity contribution in [2.75, 3.05) is 14.2 Å². The second-order valence-corrected chi connectivity index (χ2v) is 3.65. The second kappa shape index (κ2) is 4.08. The first-order valence-electron chi connectivity index (χ1n) is 5.02. The molecule has 0 saturated heterocycles. The Kier molecular flexibility index (Phi) is 2.75. The van der Waals surface area contributed by atoms with Crippen molar-refractivity contribution in [1.29, 1.82) is 0 Å². The van der Waals surface area contributed by atoms with E-state index in [9.17, 15) is 9.18 Å². The molecule has 1 N–H and O–H groups in total. The van der Waals surface area contributed by atoms with Gasteiger partial charge in [-0.3, -0.25) is 0 Å². The van der Waals surface area contributed by atoms with Gasteiger partial charge < -0.3 is 14.5 Å². The predicted molar refractivity (Wildman–Crippen MR) is 60.9 cm³/mol. The molecule has 5 heteroatoms. The van der Waals surface area contributed by atoms with Crippen LogP contribution in [0.3, 0.4) is 0 Å². The van der Waals surface area contributed by atoms with Gasteiger partial charge in [0.15, 0.2) is 0 Å². The van der Waals surface area contributed by atoms with E-state index in [4.69, 9.17) is 4.74 Å². The lowest BCUT2D eigenvalue weighted by Gasteiger charge is -2.02. The minimum Gasteiger partial charge on any atom is -0.494 e. The molecule has 90 valence electrons. The number of hydrogen-bond donors (Lipinski definition) is 1. The number of aromatic amines is 1. The zero-order valence-electron chi connectivity index (χ0n) is 9.76. The Bertz CT molecular complexity index is 589. The summed E-state index contributed by atoms with van der Waals surface area (Å²) in [6.07, 6.45) is 0. The van der Waals surface area contributed by atoms with Gasteiger partial charge in [0.25, 0.3) is 0 Å². The molecule has 0 unspecified atom stereocenters. The van der Waals surface area contributed by atoms with E-state index in [0.29, 0.717) is 27.9 Å². The summed E-state index contributed by atoms with van der Waals surface area (Å²) in [6.45, 7) is 1.73. The van der Waals surface area contributed by atoms with E-state index in [1.807, 2.05) is 0 Å². The first-order chi connectivity index (χ1) is 8.08. The van der Waals surface area contributed by atoms with Gasteiger partial charge in [0.1, 0.15) is 11.6 Å². The van der Waals surface area contributed by atoms with Gasteiger partial charge in [-0.1, -0.05) is 0 Å². The molecule has 17 heavy (non-hydrogen) atoms. The number of nitrogens with one attached hydrogen (secondary N) is 1. The Morgan fingerprint density at radius 3 is 2.65 bits per heavy atom. The molecule has 0 saturated carbocycles. The molecule has 0 aliphatic rings. The molecule has 2 aromatic rings. The van der Waals surface area contributed by atoms with E-state index in [0.717, 1.165) is 0 Å². The fourth-order valence-electron chi connectivity index (χ4n) is 1.89. The van der Waals surface area contributed by atoms with E-state index >= 15 is 0 Å². The molecule has 0 radical (unpaired) electrons. The van der Waals surface area contributed by atoms with Gasteiger partial charge in [0.2, 0.25) is 0 Å². The molecule has 2 rings (SSSR count). The highest BCUT2D eigenvalue weighted by atomic mass is 19.1. The summed E-state index contributed by atoms with van der Waals surface area (Å²) in [5.74, 6) is -0.599. The maximum atomic E-state index is 13.4. The maximum Gasteiger partial charge on any atom is 0.340 e. The van der Waals surface area contributed by atoms with Gasteiger partial charge in [-0.25, -0.2) is 9.18 Å². The summed E-state index contributed by atoms with van der Waals surface area (Å²) >= 11 is 0. The van der Waals surface area contributed by atoms with Crippen molar-refractivity contribution >= 4 is 16.9 Å². The van der Waals surface area contributed by atoms with Crippen molar-refractivity contribution in [3.05, 3.63) is 29.2 Å². The molecule has 0 aliphatic heterocycles. The quantitative estimate of drug-likeness (QED) is 0.816. The van der Waals surface area contributed by atoms with Gasteiger partial charge in [0.05, 0.1) is 25.3 Å². The number of methoxy groups -OCH3 is 2. The zero-order valence-corrected chi connectivity index (χ0v) is 9.76. The number of aromatic nitrogens is 1. The first-order valence-corrected chi connectivity index (χ1v) is 5.02. The highest BCUT2D eigenvalue weighted by Crippen LogP contribution is 2.31. The highest BCUT2D eigenvalue weighted by molar-refractivity contribution is 6.07. The van der Waals surface area contributed by atoms with Gasteiger partial charge in [-0.05, 0) is 13.0 Å². The van der Waals surface area contributed by atoms with Crippen LogP contribution in [0.25, 0.3) is 10.9 Å². The molecule has 4 nitrogen and oxygen atoms in total. The lowest BCUT2D eigenvalue weighted by Crippen LogP contribution is -2.02. The number of carbonyl (C=O) groups excluding carboxylic acids is 1. The van der Waals surface area contributed by atoms with E-state index in [1.54, 1.807) is 6.92 Å². The summed E-state index contributed by atoms with van der Waals surface area (Å²) in [5, 5.41) is 0.464. The van der Waals surface area contributed by atoms with Crippen LogP contribution in [0.4, 0.5) is 4.39 Å². The van der Waals surface area contributed by atoms with Crippen LogP contribution in [0, 0.1) is 12.7 Å². The number of rotatable bonds is 2. The van der Waals surface area contributed by atoms with Crippen LogP contribution < -0.4 is 4.74 Å². The average Bonchev–Trinajstić information content (AvgIpc) is 2.63. The lowest BCUT2D eigenvalue weighted by atomic mass is 10.1. The highest BCUT2D eigenvalue weighted by Gasteiger charge is 2.19. The molecule has 0 amide bonds. The Hall–Kier alpha value is -2.04. The molecular formula is C12H12FNO3. The van der Waals surface area contributed by atoms with E-state index < -0.39 is 11.8 Å². The smallest absolute Gasteiger partial charge is 0.340 e. The number of ether oxygens (including phenoxy) is 2. The van der Waals surface area contributed by atoms with Crippen LogP contribution >= 0.6 is 0 Å². The van der Waals surface area contributed by atoms with Crippen LogP contribution in [-0.4, -0.2) is 25.2 Å². The lowest BCUT2D eigenvalue weighted by molar-refractivity contribution is 0.0602. The van der Waals surface area contributed by atoms with E-state index in [1.165, 1.54) is 26.4 Å². The third-order valence-corrected chi connectivity index (χ3v) is 2.63. The van der Waals surface area contributed by atoms with E-state index in [2.05, 4.69) is 9.72 Å². The summed E-state index contributed by atoms with van der Waals surface area (Å²) in [6, 6.07) is 2.55. The first kappa shape index (κ1) is 11.4.